The van der Waals surface area contributed by atoms with E-state index in [9.17, 15) is 9.90 Å². The van der Waals surface area contributed by atoms with Crippen molar-refractivity contribution in [2.75, 3.05) is 11.9 Å². The Morgan fingerprint density at radius 2 is 2.00 bits per heavy atom. The molecule has 0 spiro atoms. The molecule has 0 saturated carbocycles. The molecule has 1 atom stereocenters. The molecule has 0 unspecified atom stereocenters. The molecule has 0 amide bonds. The van der Waals surface area contributed by atoms with Gasteiger partial charge in [0.1, 0.15) is 5.82 Å². The summed E-state index contributed by atoms with van der Waals surface area (Å²) in [5, 5.41) is 14.3. The standard InChI is InChI=1S/C20H17Cl2N3O2/c1-11(26)10-23-19-14-8-16(22)13(12-6-7-12)9-18(14)25(20(27)24-19)17-5-3-2-4-15(17)21/h2-6,8-9,11,26H,7,10H2,1H3,(H,23,24,27)/t11-/m1/s1. The first kappa shape index (κ1) is 18.0. The molecule has 0 saturated heterocycles. The van der Waals surface area contributed by atoms with Gasteiger partial charge in [0.15, 0.2) is 0 Å². The van der Waals surface area contributed by atoms with Gasteiger partial charge >= 0.3 is 5.69 Å². The van der Waals surface area contributed by atoms with Crippen molar-refractivity contribution in [1.82, 2.24) is 9.55 Å². The van der Waals surface area contributed by atoms with Crippen molar-refractivity contribution in [2.24, 2.45) is 0 Å². The molecule has 0 aliphatic heterocycles. The zero-order valence-corrected chi connectivity index (χ0v) is 16.1. The van der Waals surface area contributed by atoms with Crippen LogP contribution >= 0.6 is 23.2 Å². The highest BCUT2D eigenvalue weighted by Crippen LogP contribution is 2.39. The van der Waals surface area contributed by atoms with Gasteiger partial charge in [-0.15, -0.1) is 0 Å². The molecule has 7 heteroatoms. The number of benzene rings is 2. The Morgan fingerprint density at radius 1 is 1.26 bits per heavy atom. The maximum atomic E-state index is 12.9. The van der Waals surface area contributed by atoms with Crippen molar-refractivity contribution in [3.05, 3.63) is 68.6 Å². The highest BCUT2D eigenvalue weighted by atomic mass is 35.5. The Balaban J connectivity index is 2.03. The Labute approximate surface area is 165 Å². The van der Waals surface area contributed by atoms with Crippen molar-refractivity contribution < 1.29 is 5.11 Å². The molecule has 0 fully saturated rings. The van der Waals surface area contributed by atoms with Gasteiger partial charge in [0.25, 0.3) is 0 Å². The maximum absolute atomic E-state index is 12.9. The van der Waals surface area contributed by atoms with Crippen LogP contribution in [0.3, 0.4) is 0 Å². The van der Waals surface area contributed by atoms with E-state index < -0.39 is 11.8 Å². The number of aliphatic hydroxyl groups is 1. The first-order valence-electron chi connectivity index (χ1n) is 8.58. The molecule has 1 heterocycles. The summed E-state index contributed by atoms with van der Waals surface area (Å²) in [6.07, 6.45) is 2.39. The van der Waals surface area contributed by atoms with E-state index in [1.807, 2.05) is 18.2 Å². The quantitative estimate of drug-likeness (QED) is 0.669. The van der Waals surface area contributed by atoms with Crippen molar-refractivity contribution >= 4 is 45.5 Å². The smallest absolute Gasteiger partial charge is 0.354 e. The summed E-state index contributed by atoms with van der Waals surface area (Å²) in [6.45, 7) is 1.92. The molecule has 3 aromatic rings. The normalized spacial score (nSPS) is 14.1. The molecule has 27 heavy (non-hydrogen) atoms. The number of hydrogen-bond acceptors (Lipinski definition) is 4. The Morgan fingerprint density at radius 3 is 2.67 bits per heavy atom. The third-order valence-corrected chi connectivity index (χ3v) is 5.02. The van der Waals surface area contributed by atoms with Gasteiger partial charge < -0.3 is 10.4 Å². The maximum Gasteiger partial charge on any atom is 0.354 e. The summed E-state index contributed by atoms with van der Waals surface area (Å²) >= 11 is 12.8. The van der Waals surface area contributed by atoms with Gasteiger partial charge in [0.2, 0.25) is 0 Å². The number of para-hydroxylation sites is 1. The number of anilines is 1. The second-order valence-electron chi connectivity index (χ2n) is 6.54. The number of allylic oxidation sites excluding steroid dienone is 2. The van der Waals surface area contributed by atoms with E-state index in [4.69, 9.17) is 23.2 Å². The van der Waals surface area contributed by atoms with Gasteiger partial charge in [-0.1, -0.05) is 41.4 Å². The number of halogens is 2. The van der Waals surface area contributed by atoms with E-state index in [1.54, 1.807) is 25.1 Å². The zero-order valence-electron chi connectivity index (χ0n) is 14.5. The van der Waals surface area contributed by atoms with E-state index in [0.29, 0.717) is 32.5 Å². The minimum Gasteiger partial charge on any atom is -0.392 e. The van der Waals surface area contributed by atoms with Crippen LogP contribution in [-0.4, -0.2) is 27.3 Å². The summed E-state index contributed by atoms with van der Waals surface area (Å²) < 4.78 is 1.49. The minimum absolute atomic E-state index is 0.266. The SMILES string of the molecule is C[C@@H](O)CNc1nc(=O)n(-c2ccccc2Cl)c2cc(C3=CC3)c(Cl)cc12. The molecule has 5 nitrogen and oxygen atoms in total. The number of rotatable bonds is 5. The highest BCUT2D eigenvalue weighted by Gasteiger charge is 2.20. The molecule has 2 aromatic carbocycles. The zero-order chi connectivity index (χ0) is 19.1. The fraction of sp³-hybridized carbons (Fsp3) is 0.200. The van der Waals surface area contributed by atoms with Crippen LogP contribution < -0.4 is 11.0 Å². The number of aliphatic hydroxyl groups excluding tert-OH is 1. The molecule has 1 aliphatic rings. The fourth-order valence-electron chi connectivity index (χ4n) is 3.01. The minimum atomic E-state index is -0.584. The molecule has 1 aromatic heterocycles. The van der Waals surface area contributed by atoms with Crippen LogP contribution in [-0.2, 0) is 0 Å². The topological polar surface area (TPSA) is 67.2 Å². The first-order chi connectivity index (χ1) is 13.0. The molecule has 2 N–H and O–H groups in total. The third-order valence-electron chi connectivity index (χ3n) is 4.39. The van der Waals surface area contributed by atoms with Crippen LogP contribution in [0.4, 0.5) is 5.82 Å². The predicted octanol–water partition coefficient (Wildman–Crippen LogP) is 4.27. The van der Waals surface area contributed by atoms with E-state index >= 15 is 0 Å². The van der Waals surface area contributed by atoms with Crippen molar-refractivity contribution in [1.29, 1.82) is 0 Å². The lowest BCUT2D eigenvalue weighted by Gasteiger charge is -2.16. The van der Waals surface area contributed by atoms with E-state index in [2.05, 4.69) is 16.4 Å². The lowest BCUT2D eigenvalue weighted by molar-refractivity contribution is 0.208. The number of nitrogens with one attached hydrogen (secondary N) is 1. The molecule has 4 rings (SSSR count). The van der Waals surface area contributed by atoms with Crippen LogP contribution in [0.2, 0.25) is 10.0 Å². The number of nitrogens with zero attached hydrogens (tertiary/aromatic N) is 2. The largest absolute Gasteiger partial charge is 0.392 e. The summed E-state index contributed by atoms with van der Waals surface area (Å²) in [5.41, 5.74) is 2.80. The van der Waals surface area contributed by atoms with Crippen LogP contribution in [0.1, 0.15) is 18.9 Å². The van der Waals surface area contributed by atoms with Crippen LogP contribution in [0, 0.1) is 0 Å². The van der Waals surface area contributed by atoms with Crippen LogP contribution in [0.25, 0.3) is 22.2 Å². The Kier molecular flexibility index (Phi) is 4.68. The second-order valence-corrected chi connectivity index (χ2v) is 7.36. The fourth-order valence-corrected chi connectivity index (χ4v) is 3.51. The van der Waals surface area contributed by atoms with Crippen LogP contribution in [0.5, 0.6) is 0 Å². The predicted molar refractivity (Wildman–Crippen MR) is 110 cm³/mol. The number of hydrogen-bond donors (Lipinski definition) is 2. The van der Waals surface area contributed by atoms with E-state index in [-0.39, 0.29) is 6.54 Å². The monoisotopic (exact) mass is 401 g/mol. The van der Waals surface area contributed by atoms with E-state index in [1.165, 1.54) is 4.57 Å². The van der Waals surface area contributed by atoms with Gasteiger partial charge in [-0.25, -0.2) is 4.79 Å². The lowest BCUT2D eigenvalue weighted by atomic mass is 10.1. The average Bonchev–Trinajstić information content (AvgIpc) is 3.45. The highest BCUT2D eigenvalue weighted by molar-refractivity contribution is 6.34. The summed E-state index contributed by atoms with van der Waals surface area (Å²) in [7, 11) is 0. The molecular weight excluding hydrogens is 385 g/mol. The summed E-state index contributed by atoms with van der Waals surface area (Å²) in [4.78, 5) is 17.1. The first-order valence-corrected chi connectivity index (χ1v) is 9.34. The summed E-state index contributed by atoms with van der Waals surface area (Å²) in [5.74, 6) is 0.387. The van der Waals surface area contributed by atoms with Gasteiger partial charge in [-0.05, 0) is 48.7 Å². The van der Waals surface area contributed by atoms with Crippen molar-refractivity contribution in [3.63, 3.8) is 0 Å². The van der Waals surface area contributed by atoms with Gasteiger partial charge in [-0.2, -0.15) is 4.98 Å². The molecule has 0 bridgehead atoms. The van der Waals surface area contributed by atoms with Crippen LogP contribution in [0.15, 0.2) is 47.3 Å². The van der Waals surface area contributed by atoms with Crippen molar-refractivity contribution in [3.8, 4) is 5.69 Å². The molecule has 1 aliphatic carbocycles. The molecule has 0 radical (unpaired) electrons. The number of fused-ring (bicyclic) bond motifs is 1. The average molecular weight is 402 g/mol. The van der Waals surface area contributed by atoms with Gasteiger partial charge in [0, 0.05) is 17.0 Å². The Bertz CT molecular complexity index is 1140. The lowest BCUT2D eigenvalue weighted by Crippen LogP contribution is -2.25. The van der Waals surface area contributed by atoms with Crippen molar-refractivity contribution in [2.45, 2.75) is 19.4 Å². The van der Waals surface area contributed by atoms with Gasteiger partial charge in [0.05, 0.1) is 22.3 Å². The molecular formula is C20H17Cl2N3O2. The third kappa shape index (κ3) is 3.46. The Hall–Kier alpha value is -2.34. The molecule has 138 valence electrons. The van der Waals surface area contributed by atoms with E-state index in [0.717, 1.165) is 17.6 Å². The summed E-state index contributed by atoms with van der Waals surface area (Å²) in [6, 6.07) is 10.8. The second kappa shape index (κ2) is 7.00. The van der Waals surface area contributed by atoms with Gasteiger partial charge in [-0.3, -0.25) is 4.57 Å². The number of aromatic nitrogens is 2.